The summed E-state index contributed by atoms with van der Waals surface area (Å²) in [6.45, 7) is 1.07. The van der Waals surface area contributed by atoms with E-state index in [1.807, 2.05) is 0 Å². The molecular weight excluding hydrogens is 453 g/mol. The maximum absolute atomic E-state index is 12.9. The third-order valence-electron chi connectivity index (χ3n) is 4.89. The molecule has 1 aliphatic rings. The molecule has 0 aliphatic carbocycles. The number of rotatable bonds is 8. The molecule has 0 radical (unpaired) electrons. The molecule has 1 unspecified atom stereocenters. The first-order chi connectivity index (χ1) is 15.1. The molecule has 2 aromatic rings. The van der Waals surface area contributed by atoms with Gasteiger partial charge in [-0.1, -0.05) is 11.6 Å². The van der Waals surface area contributed by atoms with Crippen molar-refractivity contribution in [2.24, 2.45) is 0 Å². The van der Waals surface area contributed by atoms with Crippen LogP contribution in [0.15, 0.2) is 24.5 Å². The lowest BCUT2D eigenvalue weighted by molar-refractivity contribution is -0.139. The zero-order chi connectivity index (χ0) is 23.5. The number of aromatic nitrogens is 2. The second-order valence-electron chi connectivity index (χ2n) is 7.04. The van der Waals surface area contributed by atoms with Crippen molar-refractivity contribution in [1.82, 2.24) is 20.2 Å². The highest BCUT2D eigenvalue weighted by atomic mass is 35.5. The molecule has 0 aromatic carbocycles. The molecule has 3 heterocycles. The highest BCUT2D eigenvalue weighted by molar-refractivity contribution is 6.31. The first kappa shape index (κ1) is 23.7. The number of pyridine rings is 2. The van der Waals surface area contributed by atoms with Gasteiger partial charge in [0.25, 0.3) is 11.8 Å². The van der Waals surface area contributed by atoms with Crippen molar-refractivity contribution in [1.29, 1.82) is 0 Å². The van der Waals surface area contributed by atoms with E-state index in [1.54, 1.807) is 6.92 Å². The number of hydrogen-bond acceptors (Lipinski definition) is 6. The van der Waals surface area contributed by atoms with Gasteiger partial charge in [-0.25, -0.2) is 4.98 Å². The number of amides is 2. The molecule has 0 bridgehead atoms. The summed E-state index contributed by atoms with van der Waals surface area (Å²) in [7, 11) is 0. The average Bonchev–Trinajstić information content (AvgIpc) is 3.08. The summed E-state index contributed by atoms with van der Waals surface area (Å²) in [6.07, 6.45) is -2.74. The molecule has 0 spiro atoms. The molecular formula is C20H20ClF3N4O4. The Morgan fingerprint density at radius 3 is 2.81 bits per heavy atom. The predicted octanol–water partition coefficient (Wildman–Crippen LogP) is 2.90. The van der Waals surface area contributed by atoms with Gasteiger partial charge in [-0.3, -0.25) is 14.6 Å². The van der Waals surface area contributed by atoms with Gasteiger partial charge in [-0.05, 0) is 24.6 Å². The van der Waals surface area contributed by atoms with E-state index in [0.717, 1.165) is 0 Å². The Balaban J connectivity index is 1.75. The maximum atomic E-state index is 12.9. The van der Waals surface area contributed by atoms with Crippen LogP contribution >= 0.6 is 11.6 Å². The summed E-state index contributed by atoms with van der Waals surface area (Å²) in [5.41, 5.74) is 1.44. The number of halogens is 4. The number of nitrogens with one attached hydrogen (secondary N) is 1. The minimum Gasteiger partial charge on any atom is -0.476 e. The molecule has 0 saturated carbocycles. The van der Waals surface area contributed by atoms with Crippen molar-refractivity contribution in [3.8, 4) is 5.88 Å². The van der Waals surface area contributed by atoms with Crippen molar-refractivity contribution >= 4 is 23.4 Å². The summed E-state index contributed by atoms with van der Waals surface area (Å²) >= 11 is 6.12. The molecule has 3 rings (SSSR count). The lowest BCUT2D eigenvalue weighted by atomic mass is 10.1. The number of carbonyl (C=O) groups is 2. The minimum absolute atomic E-state index is 0.0198. The summed E-state index contributed by atoms with van der Waals surface area (Å²) in [6, 6.07) is 2.50. The number of hydrogen-bond donors (Lipinski definition) is 2. The fourth-order valence-corrected chi connectivity index (χ4v) is 3.46. The lowest BCUT2D eigenvalue weighted by Gasteiger charge is -2.25. The summed E-state index contributed by atoms with van der Waals surface area (Å²) in [5, 5.41) is 11.4. The number of nitrogens with zero attached hydrogens (tertiary/aromatic N) is 3. The van der Waals surface area contributed by atoms with E-state index in [-0.39, 0.29) is 42.2 Å². The smallest absolute Gasteiger partial charge is 0.392 e. The molecule has 2 N–H and O–H groups in total. The zero-order valence-corrected chi connectivity index (χ0v) is 17.7. The Morgan fingerprint density at radius 2 is 2.16 bits per heavy atom. The first-order valence-electron chi connectivity index (χ1n) is 9.65. The van der Waals surface area contributed by atoms with E-state index in [1.165, 1.54) is 29.4 Å². The fourth-order valence-electron chi connectivity index (χ4n) is 3.23. The summed E-state index contributed by atoms with van der Waals surface area (Å²) in [4.78, 5) is 34.8. The number of alkyl halides is 3. The van der Waals surface area contributed by atoms with E-state index >= 15 is 0 Å². The lowest BCUT2D eigenvalue weighted by Crippen LogP contribution is -2.29. The van der Waals surface area contributed by atoms with Crippen LogP contribution in [-0.2, 0) is 6.54 Å². The van der Waals surface area contributed by atoms with Crippen LogP contribution in [0.1, 0.15) is 51.4 Å². The van der Waals surface area contributed by atoms with Crippen LogP contribution < -0.4 is 10.1 Å². The van der Waals surface area contributed by atoms with Crippen LogP contribution in [0.4, 0.5) is 13.2 Å². The molecule has 1 aliphatic heterocycles. The van der Waals surface area contributed by atoms with E-state index in [4.69, 9.17) is 21.4 Å². The van der Waals surface area contributed by atoms with Gasteiger partial charge in [0, 0.05) is 36.6 Å². The van der Waals surface area contributed by atoms with Gasteiger partial charge in [0.2, 0.25) is 5.88 Å². The Hall–Kier alpha value is -2.92. The van der Waals surface area contributed by atoms with Crippen molar-refractivity contribution in [3.63, 3.8) is 0 Å². The third-order valence-corrected chi connectivity index (χ3v) is 5.16. The Kier molecular flexibility index (Phi) is 7.19. The van der Waals surface area contributed by atoms with Crippen LogP contribution in [0.5, 0.6) is 5.88 Å². The van der Waals surface area contributed by atoms with E-state index < -0.39 is 31.2 Å². The number of carbonyl (C=O) groups excluding carboxylic acids is 2. The Morgan fingerprint density at radius 1 is 1.41 bits per heavy atom. The topological polar surface area (TPSA) is 105 Å². The molecule has 172 valence electrons. The normalized spacial score (nSPS) is 14.3. The average molecular weight is 473 g/mol. The van der Waals surface area contributed by atoms with E-state index in [2.05, 4.69) is 15.3 Å². The Labute approximate surface area is 186 Å². The molecule has 32 heavy (non-hydrogen) atoms. The summed E-state index contributed by atoms with van der Waals surface area (Å²) < 4.78 is 41.8. The van der Waals surface area contributed by atoms with E-state index in [9.17, 15) is 22.8 Å². The van der Waals surface area contributed by atoms with Gasteiger partial charge >= 0.3 is 6.18 Å². The van der Waals surface area contributed by atoms with Gasteiger partial charge in [-0.15, -0.1) is 0 Å². The second kappa shape index (κ2) is 9.70. The molecule has 1 atom stereocenters. The van der Waals surface area contributed by atoms with Gasteiger partial charge in [-0.2, -0.15) is 13.2 Å². The fraction of sp³-hybridized carbons (Fsp3) is 0.400. The van der Waals surface area contributed by atoms with Gasteiger partial charge in [0.05, 0.1) is 25.7 Å². The highest BCUT2D eigenvalue weighted by Crippen LogP contribution is 2.34. The zero-order valence-electron chi connectivity index (χ0n) is 16.9. The molecule has 8 nitrogen and oxygen atoms in total. The van der Waals surface area contributed by atoms with Crippen LogP contribution in [0.25, 0.3) is 0 Å². The largest absolute Gasteiger partial charge is 0.476 e. The second-order valence-corrected chi connectivity index (χ2v) is 7.45. The van der Waals surface area contributed by atoms with Crippen molar-refractivity contribution in [3.05, 3.63) is 51.9 Å². The SMILES string of the molecule is CC(c1cnc(OCCC(F)(F)F)c(Cl)c1)N1Cc2c(ccnc2C(=O)NCCO)C1=O. The third kappa shape index (κ3) is 5.28. The summed E-state index contributed by atoms with van der Waals surface area (Å²) in [5.74, 6) is -0.939. The van der Waals surface area contributed by atoms with Gasteiger partial charge in [0.1, 0.15) is 10.7 Å². The molecule has 0 fully saturated rings. The van der Waals surface area contributed by atoms with Crippen LogP contribution in [0.2, 0.25) is 5.02 Å². The van der Waals surface area contributed by atoms with Crippen LogP contribution in [0.3, 0.4) is 0 Å². The van der Waals surface area contributed by atoms with Crippen LogP contribution in [0, 0.1) is 0 Å². The van der Waals surface area contributed by atoms with Crippen LogP contribution in [-0.4, -0.2) is 57.7 Å². The van der Waals surface area contributed by atoms with Crippen molar-refractivity contribution < 1.29 is 32.6 Å². The molecule has 12 heteroatoms. The van der Waals surface area contributed by atoms with Gasteiger partial charge in [0.15, 0.2) is 0 Å². The van der Waals surface area contributed by atoms with Crippen molar-refractivity contribution in [2.75, 3.05) is 19.8 Å². The number of aliphatic hydroxyl groups excluding tert-OH is 1. The maximum Gasteiger partial charge on any atom is 0.392 e. The number of aliphatic hydroxyl groups is 1. The molecule has 2 aromatic heterocycles. The number of ether oxygens (including phenoxy) is 1. The number of fused-ring (bicyclic) bond motifs is 1. The van der Waals surface area contributed by atoms with Gasteiger partial charge < -0.3 is 20.1 Å². The predicted molar refractivity (Wildman–Crippen MR) is 107 cm³/mol. The Bertz CT molecular complexity index is 1020. The standard InChI is InChI=1S/C20H20ClF3N4O4/c1-11(12-8-15(21)18(27-9-12)32-7-3-20(22,23)24)28-10-14-13(19(28)31)2-4-25-16(14)17(30)26-5-6-29/h2,4,8-9,11,29H,3,5-7,10H2,1H3,(H,26,30). The minimum atomic E-state index is -4.35. The molecule has 2 amide bonds. The van der Waals surface area contributed by atoms with Crippen molar-refractivity contribution in [2.45, 2.75) is 32.1 Å². The highest BCUT2D eigenvalue weighted by Gasteiger charge is 2.35. The monoisotopic (exact) mass is 472 g/mol. The quantitative estimate of drug-likeness (QED) is 0.612. The van der Waals surface area contributed by atoms with E-state index in [0.29, 0.717) is 16.7 Å². The first-order valence-corrected chi connectivity index (χ1v) is 10.0. The molecule has 0 saturated heterocycles.